The summed E-state index contributed by atoms with van der Waals surface area (Å²) in [5.74, 6) is 0.158. The molecule has 0 spiro atoms. The lowest BCUT2D eigenvalue weighted by Crippen LogP contribution is -2.48. The molecule has 1 aliphatic rings. The second-order valence-corrected chi connectivity index (χ2v) is 6.77. The molecule has 1 fully saturated rings. The lowest BCUT2D eigenvalue weighted by molar-refractivity contribution is 0.198. The van der Waals surface area contributed by atoms with E-state index in [4.69, 9.17) is 4.42 Å². The molecule has 27 heavy (non-hydrogen) atoms. The van der Waals surface area contributed by atoms with E-state index >= 15 is 0 Å². The Labute approximate surface area is 158 Å². The number of hydrogen-bond acceptors (Lipinski definition) is 3. The summed E-state index contributed by atoms with van der Waals surface area (Å²) in [5.41, 5.74) is 0.802. The molecule has 0 unspecified atom stereocenters. The molecule has 1 saturated heterocycles. The van der Waals surface area contributed by atoms with E-state index in [1.54, 1.807) is 19.4 Å². The molecule has 0 atom stereocenters. The Morgan fingerprint density at radius 2 is 2.04 bits per heavy atom. The highest BCUT2D eigenvalue weighted by Crippen LogP contribution is 2.16. The van der Waals surface area contributed by atoms with E-state index < -0.39 is 11.6 Å². The number of benzene rings is 1. The normalized spacial score (nSPS) is 16.5. The molecule has 1 aliphatic heterocycles. The number of piperidine rings is 1. The standard InChI is InChI=1S/C20H26F2N4O/c1-23-20(24-9-6-17-3-2-12-27-17)25-16-7-10-26(11-8-16)14-15-4-5-18(21)19(22)13-15/h2-5,12-13,16H,6-11,14H2,1H3,(H2,23,24,25). The van der Waals surface area contributed by atoms with E-state index in [0.717, 1.165) is 56.2 Å². The summed E-state index contributed by atoms with van der Waals surface area (Å²) in [5, 5.41) is 6.76. The Morgan fingerprint density at radius 3 is 2.70 bits per heavy atom. The van der Waals surface area contributed by atoms with E-state index in [1.807, 2.05) is 12.1 Å². The molecule has 1 aromatic heterocycles. The zero-order chi connectivity index (χ0) is 19.1. The van der Waals surface area contributed by atoms with Gasteiger partial charge >= 0.3 is 0 Å². The van der Waals surface area contributed by atoms with Crippen LogP contribution in [0.4, 0.5) is 8.78 Å². The van der Waals surface area contributed by atoms with Crippen LogP contribution in [0.1, 0.15) is 24.2 Å². The van der Waals surface area contributed by atoms with E-state index in [0.29, 0.717) is 12.6 Å². The van der Waals surface area contributed by atoms with E-state index in [1.165, 1.54) is 12.1 Å². The van der Waals surface area contributed by atoms with Gasteiger partial charge in [-0.25, -0.2) is 8.78 Å². The van der Waals surface area contributed by atoms with Crippen molar-refractivity contribution in [1.82, 2.24) is 15.5 Å². The van der Waals surface area contributed by atoms with Crippen LogP contribution in [0.25, 0.3) is 0 Å². The number of hydrogen-bond donors (Lipinski definition) is 2. The first-order valence-electron chi connectivity index (χ1n) is 9.30. The Kier molecular flexibility index (Phi) is 6.81. The maximum absolute atomic E-state index is 13.3. The zero-order valence-electron chi connectivity index (χ0n) is 15.5. The molecular weight excluding hydrogens is 350 g/mol. The van der Waals surface area contributed by atoms with Crippen molar-refractivity contribution in [3.63, 3.8) is 0 Å². The van der Waals surface area contributed by atoms with E-state index in [2.05, 4.69) is 20.5 Å². The Morgan fingerprint density at radius 1 is 1.22 bits per heavy atom. The van der Waals surface area contributed by atoms with Gasteiger partial charge in [0.25, 0.3) is 0 Å². The quantitative estimate of drug-likeness (QED) is 0.601. The number of guanidine groups is 1. The SMILES string of the molecule is CN=C(NCCc1ccco1)NC1CCN(Cc2ccc(F)c(F)c2)CC1. The molecule has 2 aromatic rings. The third-order valence-electron chi connectivity index (χ3n) is 4.79. The van der Waals surface area contributed by atoms with Crippen molar-refractivity contribution in [2.75, 3.05) is 26.7 Å². The first-order valence-corrected chi connectivity index (χ1v) is 9.30. The Hall–Kier alpha value is -2.41. The molecule has 7 heteroatoms. The minimum atomic E-state index is -0.799. The fourth-order valence-corrected chi connectivity index (χ4v) is 3.28. The molecule has 2 heterocycles. The second-order valence-electron chi connectivity index (χ2n) is 6.77. The first kappa shape index (κ1) is 19.4. The van der Waals surface area contributed by atoms with Gasteiger partial charge < -0.3 is 15.1 Å². The predicted octanol–water partition coefficient (Wildman–Crippen LogP) is 2.93. The van der Waals surface area contributed by atoms with Gasteiger partial charge in [-0.15, -0.1) is 0 Å². The number of nitrogens with zero attached hydrogens (tertiary/aromatic N) is 2. The molecule has 0 aliphatic carbocycles. The number of halogens is 2. The van der Waals surface area contributed by atoms with Crippen molar-refractivity contribution in [3.8, 4) is 0 Å². The topological polar surface area (TPSA) is 52.8 Å². The molecular formula is C20H26F2N4O. The van der Waals surface area contributed by atoms with Gasteiger partial charge in [0.15, 0.2) is 17.6 Å². The number of aliphatic imine (C=N–C) groups is 1. The molecule has 0 saturated carbocycles. The molecule has 2 N–H and O–H groups in total. The van der Waals surface area contributed by atoms with Gasteiger partial charge in [0.1, 0.15) is 5.76 Å². The van der Waals surface area contributed by atoms with Crippen molar-refractivity contribution in [1.29, 1.82) is 0 Å². The predicted molar refractivity (Wildman–Crippen MR) is 102 cm³/mol. The number of nitrogens with one attached hydrogen (secondary N) is 2. The van der Waals surface area contributed by atoms with Crippen LogP contribution in [0.15, 0.2) is 46.0 Å². The van der Waals surface area contributed by atoms with Gasteiger partial charge in [0, 0.05) is 45.7 Å². The lowest BCUT2D eigenvalue weighted by atomic mass is 10.0. The smallest absolute Gasteiger partial charge is 0.191 e. The van der Waals surface area contributed by atoms with Crippen molar-refractivity contribution < 1.29 is 13.2 Å². The summed E-state index contributed by atoms with van der Waals surface area (Å²) in [6, 6.07) is 8.31. The third kappa shape index (κ3) is 5.79. The van der Waals surface area contributed by atoms with Crippen molar-refractivity contribution >= 4 is 5.96 Å². The fourth-order valence-electron chi connectivity index (χ4n) is 3.28. The van der Waals surface area contributed by atoms with Crippen LogP contribution in [-0.2, 0) is 13.0 Å². The van der Waals surface area contributed by atoms with E-state index in [-0.39, 0.29) is 0 Å². The van der Waals surface area contributed by atoms with Crippen LogP contribution in [-0.4, -0.2) is 43.6 Å². The fraction of sp³-hybridized carbons (Fsp3) is 0.450. The van der Waals surface area contributed by atoms with Gasteiger partial charge in [0.2, 0.25) is 0 Å². The van der Waals surface area contributed by atoms with Crippen LogP contribution < -0.4 is 10.6 Å². The van der Waals surface area contributed by atoms with Crippen LogP contribution in [0, 0.1) is 11.6 Å². The average Bonchev–Trinajstić information content (AvgIpc) is 3.19. The van der Waals surface area contributed by atoms with Crippen LogP contribution in [0.2, 0.25) is 0 Å². The second kappa shape index (κ2) is 9.50. The zero-order valence-corrected chi connectivity index (χ0v) is 15.5. The molecule has 0 radical (unpaired) electrons. The highest BCUT2D eigenvalue weighted by molar-refractivity contribution is 5.79. The maximum atomic E-state index is 13.3. The van der Waals surface area contributed by atoms with Gasteiger partial charge in [-0.2, -0.15) is 0 Å². The molecule has 146 valence electrons. The molecule has 0 amide bonds. The van der Waals surface area contributed by atoms with Gasteiger partial charge in [0.05, 0.1) is 6.26 Å². The van der Waals surface area contributed by atoms with Crippen LogP contribution in [0.3, 0.4) is 0 Å². The third-order valence-corrected chi connectivity index (χ3v) is 4.79. The van der Waals surface area contributed by atoms with Gasteiger partial charge in [-0.05, 0) is 42.7 Å². The highest BCUT2D eigenvalue weighted by Gasteiger charge is 2.20. The summed E-state index contributed by atoms with van der Waals surface area (Å²) in [6.07, 6.45) is 4.43. The number of rotatable bonds is 6. The molecule has 1 aromatic carbocycles. The molecule has 3 rings (SSSR count). The summed E-state index contributed by atoms with van der Waals surface area (Å²) in [7, 11) is 1.76. The van der Waals surface area contributed by atoms with Crippen LogP contribution in [0.5, 0.6) is 0 Å². The van der Waals surface area contributed by atoms with Gasteiger partial charge in [-0.3, -0.25) is 9.89 Å². The molecule has 0 bridgehead atoms. The summed E-state index contributed by atoms with van der Waals surface area (Å²) < 4.78 is 31.7. The summed E-state index contributed by atoms with van der Waals surface area (Å²) in [6.45, 7) is 3.20. The summed E-state index contributed by atoms with van der Waals surface area (Å²) in [4.78, 5) is 6.54. The largest absolute Gasteiger partial charge is 0.469 e. The van der Waals surface area contributed by atoms with Gasteiger partial charge in [-0.1, -0.05) is 6.07 Å². The maximum Gasteiger partial charge on any atom is 0.191 e. The number of furan rings is 1. The summed E-state index contributed by atoms with van der Waals surface area (Å²) >= 11 is 0. The Bertz CT molecular complexity index is 740. The monoisotopic (exact) mass is 376 g/mol. The average molecular weight is 376 g/mol. The van der Waals surface area contributed by atoms with Crippen molar-refractivity contribution in [2.24, 2.45) is 4.99 Å². The minimum absolute atomic E-state index is 0.348. The van der Waals surface area contributed by atoms with E-state index in [9.17, 15) is 8.78 Å². The van der Waals surface area contributed by atoms with Crippen LogP contribution >= 0.6 is 0 Å². The van der Waals surface area contributed by atoms with Crippen molar-refractivity contribution in [3.05, 3.63) is 59.6 Å². The highest BCUT2D eigenvalue weighted by atomic mass is 19.2. The first-order chi connectivity index (χ1) is 13.1. The Balaban J connectivity index is 1.39. The molecule has 5 nitrogen and oxygen atoms in total. The van der Waals surface area contributed by atoms with Crippen molar-refractivity contribution in [2.45, 2.75) is 31.8 Å². The minimum Gasteiger partial charge on any atom is -0.469 e. The lowest BCUT2D eigenvalue weighted by Gasteiger charge is -2.33. The number of likely N-dealkylation sites (tertiary alicyclic amines) is 1.